The molecule has 1 aliphatic carbocycles. The maximum Gasteiger partial charge on any atom is 0.325 e. The van der Waals surface area contributed by atoms with Crippen LogP contribution >= 0.6 is 0 Å². The van der Waals surface area contributed by atoms with Crippen LogP contribution in [0.25, 0.3) is 0 Å². The molecule has 1 aliphatic heterocycles. The van der Waals surface area contributed by atoms with E-state index in [2.05, 4.69) is 15.2 Å². The van der Waals surface area contributed by atoms with E-state index in [1.165, 1.54) is 11.4 Å². The molecule has 1 unspecified atom stereocenters. The quantitative estimate of drug-likeness (QED) is 0.615. The Hall–Kier alpha value is -2.30. The SMILES string of the molecule is COC(=O)C1CN(C2CCCC2)CCS(=O)(=O)N1Cc1cn(Cc2ccccc2)nn1. The zero-order chi connectivity index (χ0) is 21.8. The van der Waals surface area contributed by atoms with Gasteiger partial charge in [0.1, 0.15) is 6.04 Å². The predicted molar refractivity (Wildman–Crippen MR) is 115 cm³/mol. The summed E-state index contributed by atoms with van der Waals surface area (Å²) in [4.78, 5) is 14.8. The summed E-state index contributed by atoms with van der Waals surface area (Å²) in [6.07, 6.45) is 6.11. The van der Waals surface area contributed by atoms with Crippen molar-refractivity contribution in [1.82, 2.24) is 24.2 Å². The van der Waals surface area contributed by atoms with Crippen LogP contribution in [0.15, 0.2) is 36.5 Å². The van der Waals surface area contributed by atoms with Crippen LogP contribution in [0.1, 0.15) is 36.9 Å². The van der Waals surface area contributed by atoms with Crippen molar-refractivity contribution in [1.29, 1.82) is 0 Å². The molecule has 0 radical (unpaired) electrons. The standard InChI is InChI=1S/C21H29N5O4S/c1-30-21(27)20-16-24(19-9-5-6-10-19)11-12-31(28,29)26(20)15-18-14-25(23-22-18)13-17-7-3-2-4-8-17/h2-4,7-8,14,19-20H,5-6,9-13,15-16H2,1H3. The van der Waals surface area contributed by atoms with Crippen molar-refractivity contribution < 1.29 is 17.9 Å². The van der Waals surface area contributed by atoms with Gasteiger partial charge in [-0.05, 0) is 18.4 Å². The Morgan fingerprint density at radius 3 is 2.61 bits per heavy atom. The van der Waals surface area contributed by atoms with E-state index in [0.29, 0.717) is 31.4 Å². The van der Waals surface area contributed by atoms with Crippen LogP contribution < -0.4 is 0 Å². The molecule has 1 aromatic heterocycles. The first-order valence-corrected chi connectivity index (χ1v) is 12.3. The molecule has 1 aromatic carbocycles. The third kappa shape index (κ3) is 5.13. The van der Waals surface area contributed by atoms with E-state index in [9.17, 15) is 13.2 Å². The van der Waals surface area contributed by atoms with E-state index in [1.54, 1.807) is 10.9 Å². The molecule has 2 aliphatic rings. The monoisotopic (exact) mass is 447 g/mol. The Balaban J connectivity index is 1.55. The third-order valence-electron chi connectivity index (χ3n) is 6.15. The molecular weight excluding hydrogens is 418 g/mol. The van der Waals surface area contributed by atoms with Crippen molar-refractivity contribution in [2.75, 3.05) is 26.0 Å². The first-order chi connectivity index (χ1) is 15.0. The van der Waals surface area contributed by atoms with Gasteiger partial charge in [-0.25, -0.2) is 13.1 Å². The molecule has 31 heavy (non-hydrogen) atoms. The summed E-state index contributed by atoms with van der Waals surface area (Å²) in [6.45, 7) is 1.30. The number of benzene rings is 1. The first kappa shape index (κ1) is 21.9. The van der Waals surface area contributed by atoms with Crippen molar-refractivity contribution >= 4 is 16.0 Å². The number of hydrogen-bond acceptors (Lipinski definition) is 7. The van der Waals surface area contributed by atoms with E-state index in [-0.39, 0.29) is 12.3 Å². The Morgan fingerprint density at radius 1 is 1.16 bits per heavy atom. The van der Waals surface area contributed by atoms with Gasteiger partial charge in [-0.15, -0.1) is 5.10 Å². The van der Waals surface area contributed by atoms with Gasteiger partial charge in [0.15, 0.2) is 0 Å². The molecular formula is C21H29N5O4S. The zero-order valence-electron chi connectivity index (χ0n) is 17.8. The molecule has 2 heterocycles. The number of sulfonamides is 1. The summed E-state index contributed by atoms with van der Waals surface area (Å²) >= 11 is 0. The highest BCUT2D eigenvalue weighted by Crippen LogP contribution is 2.27. The van der Waals surface area contributed by atoms with E-state index < -0.39 is 22.0 Å². The molecule has 1 saturated carbocycles. The number of esters is 1. The fraction of sp³-hybridized carbons (Fsp3) is 0.571. The Labute approximate surface area is 183 Å². The number of carbonyl (C=O) groups excluding carboxylic acids is 1. The summed E-state index contributed by atoms with van der Waals surface area (Å²) in [5.41, 5.74) is 1.57. The highest BCUT2D eigenvalue weighted by Gasteiger charge is 2.42. The summed E-state index contributed by atoms with van der Waals surface area (Å²) in [5.74, 6) is -0.556. The van der Waals surface area contributed by atoms with Crippen molar-refractivity contribution in [3.63, 3.8) is 0 Å². The highest BCUT2D eigenvalue weighted by molar-refractivity contribution is 7.89. The van der Waals surface area contributed by atoms with E-state index in [0.717, 1.165) is 31.2 Å². The maximum absolute atomic E-state index is 13.1. The van der Waals surface area contributed by atoms with Gasteiger partial charge in [0.2, 0.25) is 10.0 Å². The van der Waals surface area contributed by atoms with Crippen LogP contribution in [0.3, 0.4) is 0 Å². The Morgan fingerprint density at radius 2 is 1.90 bits per heavy atom. The lowest BCUT2D eigenvalue weighted by atomic mass is 10.1. The highest BCUT2D eigenvalue weighted by atomic mass is 32.2. The molecule has 0 spiro atoms. The minimum Gasteiger partial charge on any atom is -0.468 e. The molecule has 1 saturated heterocycles. The molecule has 0 N–H and O–H groups in total. The summed E-state index contributed by atoms with van der Waals surface area (Å²) in [5, 5.41) is 8.29. The smallest absolute Gasteiger partial charge is 0.325 e. The third-order valence-corrected chi connectivity index (χ3v) is 7.95. The molecule has 2 fully saturated rings. The van der Waals surface area contributed by atoms with Gasteiger partial charge in [0.05, 0.1) is 37.8 Å². The summed E-state index contributed by atoms with van der Waals surface area (Å²) in [7, 11) is -2.36. The topological polar surface area (TPSA) is 97.6 Å². The number of hydrogen-bond donors (Lipinski definition) is 0. The lowest BCUT2D eigenvalue weighted by Crippen LogP contribution is -2.49. The average molecular weight is 448 g/mol. The number of ether oxygens (including phenoxy) is 1. The second-order valence-corrected chi connectivity index (χ2v) is 10.3. The van der Waals surface area contributed by atoms with Crippen molar-refractivity contribution in [3.8, 4) is 0 Å². The molecule has 1 atom stereocenters. The Kier molecular flexibility index (Phi) is 6.68. The van der Waals surface area contributed by atoms with E-state index >= 15 is 0 Å². The fourth-order valence-electron chi connectivity index (χ4n) is 4.50. The molecule has 0 amide bonds. The van der Waals surface area contributed by atoms with E-state index in [1.807, 2.05) is 30.3 Å². The Bertz CT molecular complexity index is 988. The molecule has 168 valence electrons. The van der Waals surface area contributed by atoms with Crippen LogP contribution in [0.5, 0.6) is 0 Å². The second kappa shape index (κ2) is 9.46. The van der Waals surface area contributed by atoms with Gasteiger partial charge in [-0.2, -0.15) is 4.31 Å². The van der Waals surface area contributed by atoms with Crippen molar-refractivity contribution in [2.24, 2.45) is 0 Å². The fourth-order valence-corrected chi connectivity index (χ4v) is 6.07. The maximum atomic E-state index is 13.1. The van der Waals surface area contributed by atoms with Crippen LogP contribution in [0.2, 0.25) is 0 Å². The molecule has 4 rings (SSSR count). The molecule has 0 bridgehead atoms. The van der Waals surface area contributed by atoms with Crippen LogP contribution in [0, 0.1) is 0 Å². The van der Waals surface area contributed by atoms with Crippen LogP contribution in [-0.2, 0) is 32.6 Å². The van der Waals surface area contributed by atoms with Crippen LogP contribution in [-0.4, -0.2) is 76.6 Å². The lowest BCUT2D eigenvalue weighted by molar-refractivity contribution is -0.146. The minimum absolute atomic E-state index is 0.00457. The lowest BCUT2D eigenvalue weighted by Gasteiger charge is -2.30. The number of rotatable bonds is 6. The number of aromatic nitrogens is 3. The largest absolute Gasteiger partial charge is 0.468 e. The van der Waals surface area contributed by atoms with Gasteiger partial charge in [-0.1, -0.05) is 48.4 Å². The van der Waals surface area contributed by atoms with Gasteiger partial charge in [0, 0.05) is 19.1 Å². The molecule has 9 nitrogen and oxygen atoms in total. The number of methoxy groups -OCH3 is 1. The van der Waals surface area contributed by atoms with Crippen molar-refractivity contribution in [2.45, 2.75) is 50.9 Å². The summed E-state index contributed by atoms with van der Waals surface area (Å²) in [6, 6.07) is 9.27. The van der Waals surface area contributed by atoms with E-state index in [4.69, 9.17) is 4.74 Å². The van der Waals surface area contributed by atoms with Gasteiger partial charge in [0.25, 0.3) is 0 Å². The molecule has 10 heteroatoms. The zero-order valence-corrected chi connectivity index (χ0v) is 18.6. The first-order valence-electron chi connectivity index (χ1n) is 10.7. The minimum atomic E-state index is -3.66. The predicted octanol–water partition coefficient (Wildman–Crippen LogP) is 1.26. The number of nitrogens with zero attached hydrogens (tertiary/aromatic N) is 5. The number of carbonyl (C=O) groups is 1. The van der Waals surface area contributed by atoms with Gasteiger partial charge >= 0.3 is 5.97 Å². The normalized spacial score (nSPS) is 22.9. The molecule has 2 aromatic rings. The second-order valence-electron chi connectivity index (χ2n) is 8.23. The van der Waals surface area contributed by atoms with Crippen molar-refractivity contribution in [3.05, 3.63) is 47.8 Å². The van der Waals surface area contributed by atoms with Gasteiger partial charge < -0.3 is 4.74 Å². The average Bonchev–Trinajstić information content (AvgIpc) is 3.43. The van der Waals surface area contributed by atoms with Crippen LogP contribution in [0.4, 0.5) is 0 Å². The van der Waals surface area contributed by atoms with Gasteiger partial charge in [-0.3, -0.25) is 9.69 Å². The summed E-state index contributed by atoms with van der Waals surface area (Å²) < 4.78 is 34.2.